The number of hydrogen-bond donors (Lipinski definition) is 2. The van der Waals surface area contributed by atoms with Gasteiger partial charge in [0.25, 0.3) is 0 Å². The standard InChI is InChI=1S/C23H32F3N3O4/c1-31-19-13-32-6-3-18(19)28-16-9-20-22(10-16,4-7-33-20)21(30)29-5-2-17-14(12-29)8-15(11-27-17)23(24,25)26/h8,16,18-20,27-28H,2-7,9-13H2,1H3/t16-,18+,19-,20-,22-/m1/s1. The molecule has 3 fully saturated rings. The van der Waals surface area contributed by atoms with Crippen molar-refractivity contribution in [3.8, 4) is 0 Å². The predicted octanol–water partition coefficient (Wildman–Crippen LogP) is 1.90. The molecule has 5 atom stereocenters. The first-order chi connectivity index (χ1) is 15.8. The Balaban J connectivity index is 1.29. The minimum absolute atomic E-state index is 0.0173. The molecule has 2 N–H and O–H groups in total. The average Bonchev–Trinajstić information content (AvgIpc) is 3.35. The Morgan fingerprint density at radius 3 is 3.00 bits per heavy atom. The van der Waals surface area contributed by atoms with Gasteiger partial charge in [-0.15, -0.1) is 0 Å². The van der Waals surface area contributed by atoms with Crippen LogP contribution in [0.25, 0.3) is 0 Å². The van der Waals surface area contributed by atoms with Crippen LogP contribution < -0.4 is 10.6 Å². The third-order valence-corrected chi connectivity index (χ3v) is 7.95. The van der Waals surface area contributed by atoms with Crippen molar-refractivity contribution in [1.82, 2.24) is 15.5 Å². The van der Waals surface area contributed by atoms with Crippen molar-refractivity contribution in [2.75, 3.05) is 46.6 Å². The van der Waals surface area contributed by atoms with Gasteiger partial charge in [-0.3, -0.25) is 4.79 Å². The number of fused-ring (bicyclic) bond motifs is 1. The first-order valence-corrected chi connectivity index (χ1v) is 11.8. The molecule has 1 amide bonds. The van der Waals surface area contributed by atoms with Crippen LogP contribution in [-0.4, -0.2) is 87.8 Å². The van der Waals surface area contributed by atoms with Crippen LogP contribution in [0.5, 0.6) is 0 Å². The van der Waals surface area contributed by atoms with Crippen molar-refractivity contribution in [3.63, 3.8) is 0 Å². The van der Waals surface area contributed by atoms with E-state index in [1.807, 2.05) is 0 Å². The summed E-state index contributed by atoms with van der Waals surface area (Å²) in [6.45, 7) is 2.29. The lowest BCUT2D eigenvalue weighted by atomic mass is 9.80. The zero-order valence-electron chi connectivity index (χ0n) is 18.9. The second kappa shape index (κ2) is 8.87. The molecule has 184 valence electrons. The molecule has 4 heterocycles. The fourth-order valence-electron chi connectivity index (χ4n) is 6.16. The number of carbonyl (C=O) groups is 1. The molecular formula is C23H32F3N3O4. The Labute approximate surface area is 191 Å². The van der Waals surface area contributed by atoms with Crippen LogP contribution in [0.4, 0.5) is 13.2 Å². The summed E-state index contributed by atoms with van der Waals surface area (Å²) >= 11 is 0. The second-order valence-electron chi connectivity index (χ2n) is 9.81. The zero-order valence-corrected chi connectivity index (χ0v) is 18.9. The maximum Gasteiger partial charge on any atom is 0.414 e. The molecule has 10 heteroatoms. The molecule has 33 heavy (non-hydrogen) atoms. The fourth-order valence-corrected chi connectivity index (χ4v) is 6.16. The largest absolute Gasteiger partial charge is 0.414 e. The second-order valence-corrected chi connectivity index (χ2v) is 9.81. The minimum Gasteiger partial charge on any atom is -0.384 e. The number of alkyl halides is 3. The highest BCUT2D eigenvalue weighted by atomic mass is 19.4. The SMILES string of the molecule is CO[C@@H]1COCC[C@@H]1N[C@@H]1C[C@H]2OCC[C@@]2(C(=O)N2CCC3=C(C=C(C(F)(F)F)CN3)C2)C1. The van der Waals surface area contributed by atoms with Gasteiger partial charge in [0, 0.05) is 64.2 Å². The molecule has 0 unspecified atom stereocenters. The highest BCUT2D eigenvalue weighted by Crippen LogP contribution is 2.49. The molecule has 1 aliphatic carbocycles. The lowest BCUT2D eigenvalue weighted by molar-refractivity contribution is -0.144. The molecule has 5 rings (SSSR count). The van der Waals surface area contributed by atoms with E-state index in [1.54, 1.807) is 12.0 Å². The molecule has 5 aliphatic rings. The normalized spacial score (nSPS) is 36.8. The maximum atomic E-state index is 13.8. The Kier molecular flexibility index (Phi) is 6.22. The van der Waals surface area contributed by atoms with E-state index in [0.29, 0.717) is 51.2 Å². The Bertz CT molecular complexity index is 845. The number of nitrogens with zero attached hydrogens (tertiary/aromatic N) is 1. The molecule has 0 aromatic rings. The van der Waals surface area contributed by atoms with Crippen LogP contribution in [0.3, 0.4) is 0 Å². The zero-order chi connectivity index (χ0) is 23.2. The van der Waals surface area contributed by atoms with Gasteiger partial charge in [-0.25, -0.2) is 0 Å². The summed E-state index contributed by atoms with van der Waals surface area (Å²) in [5.41, 5.74) is 0.185. The number of rotatable bonds is 4. The minimum atomic E-state index is -4.37. The van der Waals surface area contributed by atoms with Gasteiger partial charge < -0.3 is 29.7 Å². The van der Waals surface area contributed by atoms with Gasteiger partial charge in [0.1, 0.15) is 0 Å². The van der Waals surface area contributed by atoms with E-state index in [9.17, 15) is 18.0 Å². The monoisotopic (exact) mass is 471 g/mol. The van der Waals surface area contributed by atoms with Crippen LogP contribution in [0.2, 0.25) is 0 Å². The van der Waals surface area contributed by atoms with E-state index in [0.717, 1.165) is 18.5 Å². The summed E-state index contributed by atoms with van der Waals surface area (Å²) in [5, 5.41) is 6.60. The van der Waals surface area contributed by atoms with Crippen molar-refractivity contribution in [2.45, 2.75) is 62.6 Å². The summed E-state index contributed by atoms with van der Waals surface area (Å²) in [6.07, 6.45) is 0.151. The van der Waals surface area contributed by atoms with Gasteiger partial charge in [0.2, 0.25) is 5.91 Å². The molecule has 0 spiro atoms. The molecule has 0 bridgehead atoms. The van der Waals surface area contributed by atoms with Gasteiger partial charge in [-0.2, -0.15) is 13.2 Å². The number of amides is 1. The van der Waals surface area contributed by atoms with E-state index < -0.39 is 17.2 Å². The van der Waals surface area contributed by atoms with E-state index in [4.69, 9.17) is 14.2 Å². The van der Waals surface area contributed by atoms with E-state index in [-0.39, 0.29) is 43.3 Å². The number of nitrogens with one attached hydrogen (secondary N) is 2. The molecule has 7 nitrogen and oxygen atoms in total. The maximum absolute atomic E-state index is 13.8. The number of ether oxygens (including phenoxy) is 3. The average molecular weight is 472 g/mol. The predicted molar refractivity (Wildman–Crippen MR) is 113 cm³/mol. The van der Waals surface area contributed by atoms with Crippen LogP contribution in [0.15, 0.2) is 22.9 Å². The number of methoxy groups -OCH3 is 1. The molecule has 0 radical (unpaired) electrons. The summed E-state index contributed by atoms with van der Waals surface area (Å²) in [4.78, 5) is 15.5. The van der Waals surface area contributed by atoms with Crippen molar-refractivity contribution in [2.24, 2.45) is 5.41 Å². The molecule has 0 aromatic heterocycles. The number of carbonyl (C=O) groups excluding carboxylic acids is 1. The molecule has 4 aliphatic heterocycles. The van der Waals surface area contributed by atoms with Crippen LogP contribution in [0.1, 0.15) is 32.1 Å². The number of halogens is 3. The highest BCUT2D eigenvalue weighted by Gasteiger charge is 2.58. The topological polar surface area (TPSA) is 72.1 Å². The third kappa shape index (κ3) is 4.31. The van der Waals surface area contributed by atoms with Gasteiger partial charge in [0.05, 0.1) is 29.8 Å². The lowest BCUT2D eigenvalue weighted by Crippen LogP contribution is -2.52. The Morgan fingerprint density at radius 2 is 2.21 bits per heavy atom. The summed E-state index contributed by atoms with van der Waals surface area (Å²) < 4.78 is 56.7. The number of dihydropyridines is 1. The van der Waals surface area contributed by atoms with Crippen LogP contribution in [-0.2, 0) is 19.0 Å². The Hall–Kier alpha value is -1.62. The van der Waals surface area contributed by atoms with Crippen molar-refractivity contribution < 1.29 is 32.2 Å². The van der Waals surface area contributed by atoms with E-state index in [2.05, 4.69) is 10.6 Å². The smallest absolute Gasteiger partial charge is 0.384 e. The first kappa shape index (κ1) is 23.1. The Morgan fingerprint density at radius 1 is 1.36 bits per heavy atom. The van der Waals surface area contributed by atoms with Gasteiger partial charge in [-0.05, 0) is 37.3 Å². The third-order valence-electron chi connectivity index (χ3n) is 7.95. The molecule has 1 saturated carbocycles. The van der Waals surface area contributed by atoms with Crippen molar-refractivity contribution in [3.05, 3.63) is 22.9 Å². The first-order valence-electron chi connectivity index (χ1n) is 11.8. The lowest BCUT2D eigenvalue weighted by Gasteiger charge is -2.38. The van der Waals surface area contributed by atoms with Crippen molar-refractivity contribution >= 4 is 5.91 Å². The highest BCUT2D eigenvalue weighted by molar-refractivity contribution is 5.85. The van der Waals surface area contributed by atoms with Crippen LogP contribution in [0, 0.1) is 5.41 Å². The summed E-state index contributed by atoms with van der Waals surface area (Å²) in [6, 6.07) is 0.300. The molecular weight excluding hydrogens is 439 g/mol. The van der Waals surface area contributed by atoms with Gasteiger partial charge in [0.15, 0.2) is 0 Å². The number of hydrogen-bond acceptors (Lipinski definition) is 6. The van der Waals surface area contributed by atoms with E-state index in [1.165, 1.54) is 6.08 Å². The summed E-state index contributed by atoms with van der Waals surface area (Å²) in [5.74, 6) is 0.0173. The van der Waals surface area contributed by atoms with Gasteiger partial charge in [-0.1, -0.05) is 0 Å². The molecule has 2 saturated heterocycles. The quantitative estimate of drug-likeness (QED) is 0.653. The van der Waals surface area contributed by atoms with Crippen LogP contribution >= 0.6 is 0 Å². The fraction of sp³-hybridized carbons (Fsp3) is 0.783. The molecule has 0 aromatic carbocycles. The van der Waals surface area contributed by atoms with E-state index >= 15 is 0 Å². The van der Waals surface area contributed by atoms with Gasteiger partial charge >= 0.3 is 6.18 Å². The van der Waals surface area contributed by atoms with Crippen molar-refractivity contribution in [1.29, 1.82) is 0 Å². The summed E-state index contributed by atoms with van der Waals surface area (Å²) in [7, 11) is 1.68.